The van der Waals surface area contributed by atoms with Gasteiger partial charge in [-0.1, -0.05) is 13.8 Å². The summed E-state index contributed by atoms with van der Waals surface area (Å²) in [5.74, 6) is -0.616. The van der Waals surface area contributed by atoms with Gasteiger partial charge in [-0.25, -0.2) is 0 Å². The van der Waals surface area contributed by atoms with E-state index in [-0.39, 0.29) is 23.7 Å². The molecule has 0 aromatic rings. The first-order valence-electron chi connectivity index (χ1n) is 5.92. The predicted molar refractivity (Wildman–Crippen MR) is 59.5 cm³/mol. The van der Waals surface area contributed by atoms with Crippen LogP contribution in [-0.2, 0) is 9.59 Å². The molecular formula is C12H21NO2. The van der Waals surface area contributed by atoms with E-state index in [2.05, 4.69) is 0 Å². The average molecular weight is 211 g/mol. The van der Waals surface area contributed by atoms with Gasteiger partial charge in [-0.05, 0) is 32.6 Å². The lowest BCUT2D eigenvalue weighted by Crippen LogP contribution is -2.46. The van der Waals surface area contributed by atoms with Crippen molar-refractivity contribution < 1.29 is 9.59 Å². The number of carbonyl (C=O) groups is 2. The Morgan fingerprint density at radius 1 is 1.40 bits per heavy atom. The Morgan fingerprint density at radius 2 is 2.07 bits per heavy atom. The van der Waals surface area contributed by atoms with Gasteiger partial charge in [0.15, 0.2) is 0 Å². The molecule has 1 unspecified atom stereocenters. The Bertz CT molecular complexity index is 250. The zero-order valence-corrected chi connectivity index (χ0v) is 9.95. The molecule has 0 saturated carbocycles. The number of ketones is 1. The summed E-state index contributed by atoms with van der Waals surface area (Å²) in [4.78, 5) is 25.4. The van der Waals surface area contributed by atoms with Crippen molar-refractivity contribution in [3.8, 4) is 0 Å². The highest BCUT2D eigenvalue weighted by Crippen LogP contribution is 2.18. The van der Waals surface area contributed by atoms with Crippen molar-refractivity contribution in [2.75, 3.05) is 6.54 Å². The van der Waals surface area contributed by atoms with Crippen LogP contribution in [0.3, 0.4) is 0 Å². The van der Waals surface area contributed by atoms with Crippen LogP contribution in [0.1, 0.15) is 46.5 Å². The summed E-state index contributed by atoms with van der Waals surface area (Å²) in [6.07, 6.45) is 3.97. The van der Waals surface area contributed by atoms with Gasteiger partial charge in [-0.3, -0.25) is 9.59 Å². The minimum absolute atomic E-state index is 0.133. The lowest BCUT2D eigenvalue weighted by atomic mass is 9.99. The van der Waals surface area contributed by atoms with Crippen molar-refractivity contribution in [2.45, 2.75) is 52.5 Å². The van der Waals surface area contributed by atoms with Gasteiger partial charge in [0.1, 0.15) is 0 Å². The zero-order chi connectivity index (χ0) is 11.4. The molecule has 1 amide bonds. The first-order chi connectivity index (χ1) is 7.07. The van der Waals surface area contributed by atoms with Crippen LogP contribution in [0.15, 0.2) is 0 Å². The summed E-state index contributed by atoms with van der Waals surface area (Å²) in [6, 6.07) is 0.235. The summed E-state index contributed by atoms with van der Waals surface area (Å²) >= 11 is 0. The smallest absolute Gasteiger partial charge is 0.290 e. The maximum Gasteiger partial charge on any atom is 0.290 e. The number of rotatable bonds is 3. The fourth-order valence-electron chi connectivity index (χ4n) is 1.94. The second-order valence-corrected chi connectivity index (χ2v) is 4.52. The molecule has 1 fully saturated rings. The van der Waals surface area contributed by atoms with Gasteiger partial charge in [0.05, 0.1) is 0 Å². The molecule has 0 radical (unpaired) electrons. The van der Waals surface area contributed by atoms with E-state index >= 15 is 0 Å². The molecule has 0 spiro atoms. The molecule has 1 heterocycles. The number of Topliss-reactive ketones (excluding diaryl/α,β-unsaturated/α-hetero) is 1. The largest absolute Gasteiger partial charge is 0.333 e. The van der Waals surface area contributed by atoms with Gasteiger partial charge in [0, 0.05) is 18.5 Å². The summed E-state index contributed by atoms with van der Waals surface area (Å²) in [5, 5.41) is 0. The molecule has 1 aliphatic heterocycles. The average Bonchev–Trinajstić information content (AvgIpc) is 2.26. The molecule has 0 aromatic heterocycles. The van der Waals surface area contributed by atoms with Crippen molar-refractivity contribution in [2.24, 2.45) is 5.92 Å². The topological polar surface area (TPSA) is 37.4 Å². The molecule has 3 nitrogen and oxygen atoms in total. The molecule has 15 heavy (non-hydrogen) atoms. The molecule has 0 aromatic carbocycles. The van der Waals surface area contributed by atoms with Crippen LogP contribution in [0.4, 0.5) is 0 Å². The molecule has 0 bridgehead atoms. The fourth-order valence-corrected chi connectivity index (χ4v) is 1.94. The van der Waals surface area contributed by atoms with Crippen LogP contribution in [0.25, 0.3) is 0 Å². The number of amides is 1. The Morgan fingerprint density at radius 3 is 2.60 bits per heavy atom. The SMILES string of the molecule is CCC(C)C(=O)C(=O)N1CCCC[C@H]1C. The van der Waals surface area contributed by atoms with Crippen LogP contribution in [0.2, 0.25) is 0 Å². The van der Waals surface area contributed by atoms with Crippen LogP contribution in [-0.4, -0.2) is 29.2 Å². The van der Waals surface area contributed by atoms with Crippen LogP contribution in [0, 0.1) is 5.92 Å². The maximum absolute atomic E-state index is 11.9. The lowest BCUT2D eigenvalue weighted by Gasteiger charge is -2.33. The van der Waals surface area contributed by atoms with E-state index in [0.29, 0.717) is 0 Å². The lowest BCUT2D eigenvalue weighted by molar-refractivity contribution is -0.148. The van der Waals surface area contributed by atoms with Gasteiger partial charge < -0.3 is 4.90 Å². The van der Waals surface area contributed by atoms with E-state index in [1.165, 1.54) is 6.42 Å². The van der Waals surface area contributed by atoms with Crippen LogP contribution >= 0.6 is 0 Å². The summed E-state index contributed by atoms with van der Waals surface area (Å²) in [7, 11) is 0. The third-order valence-electron chi connectivity index (χ3n) is 3.33. The van der Waals surface area contributed by atoms with E-state index in [1.54, 1.807) is 4.90 Å². The van der Waals surface area contributed by atoms with Crippen LogP contribution in [0.5, 0.6) is 0 Å². The third-order valence-corrected chi connectivity index (χ3v) is 3.33. The highest BCUT2D eigenvalue weighted by Gasteiger charge is 2.29. The minimum Gasteiger partial charge on any atom is -0.333 e. The number of nitrogens with zero attached hydrogens (tertiary/aromatic N) is 1. The van der Waals surface area contributed by atoms with Crippen molar-refractivity contribution in [3.05, 3.63) is 0 Å². The zero-order valence-electron chi connectivity index (χ0n) is 9.95. The van der Waals surface area contributed by atoms with Gasteiger partial charge in [0.2, 0.25) is 5.78 Å². The molecule has 0 aliphatic carbocycles. The molecule has 1 saturated heterocycles. The minimum atomic E-state index is -0.267. The predicted octanol–water partition coefficient (Wildman–Crippen LogP) is 2.00. The Kier molecular flexibility index (Phi) is 4.30. The monoisotopic (exact) mass is 211 g/mol. The van der Waals surface area contributed by atoms with Gasteiger partial charge in [-0.2, -0.15) is 0 Å². The molecule has 1 aliphatic rings. The number of carbonyl (C=O) groups excluding carboxylic acids is 2. The van der Waals surface area contributed by atoms with Crippen molar-refractivity contribution >= 4 is 11.7 Å². The van der Waals surface area contributed by atoms with E-state index in [1.807, 2.05) is 20.8 Å². The van der Waals surface area contributed by atoms with E-state index in [9.17, 15) is 9.59 Å². The first-order valence-corrected chi connectivity index (χ1v) is 5.92. The third kappa shape index (κ3) is 2.80. The summed E-state index contributed by atoms with van der Waals surface area (Å²) < 4.78 is 0. The number of piperidine rings is 1. The van der Waals surface area contributed by atoms with Crippen molar-refractivity contribution in [1.82, 2.24) is 4.90 Å². The highest BCUT2D eigenvalue weighted by atomic mass is 16.2. The van der Waals surface area contributed by atoms with Gasteiger partial charge >= 0.3 is 0 Å². The second-order valence-electron chi connectivity index (χ2n) is 4.52. The Balaban J connectivity index is 2.62. The standard InChI is InChI=1S/C12H21NO2/c1-4-9(2)11(14)12(15)13-8-6-5-7-10(13)3/h9-10H,4-8H2,1-3H3/t9?,10-/m1/s1. The van der Waals surface area contributed by atoms with E-state index < -0.39 is 0 Å². The van der Waals surface area contributed by atoms with Crippen molar-refractivity contribution in [3.63, 3.8) is 0 Å². The maximum atomic E-state index is 11.9. The molecule has 0 N–H and O–H groups in total. The molecule has 86 valence electrons. The normalized spacial score (nSPS) is 23.7. The molecule has 1 rings (SSSR count). The number of hydrogen-bond acceptors (Lipinski definition) is 2. The Labute approximate surface area is 91.8 Å². The number of likely N-dealkylation sites (tertiary alicyclic amines) is 1. The van der Waals surface area contributed by atoms with E-state index in [0.717, 1.165) is 25.8 Å². The first kappa shape index (κ1) is 12.2. The molecule has 2 atom stereocenters. The second kappa shape index (κ2) is 5.29. The quantitative estimate of drug-likeness (QED) is 0.670. The van der Waals surface area contributed by atoms with Crippen molar-refractivity contribution in [1.29, 1.82) is 0 Å². The van der Waals surface area contributed by atoms with Crippen LogP contribution < -0.4 is 0 Å². The summed E-state index contributed by atoms with van der Waals surface area (Å²) in [6.45, 7) is 6.55. The Hall–Kier alpha value is -0.860. The summed E-state index contributed by atoms with van der Waals surface area (Å²) in [5.41, 5.74) is 0. The highest BCUT2D eigenvalue weighted by molar-refractivity contribution is 6.36. The fraction of sp³-hybridized carbons (Fsp3) is 0.833. The molecule has 3 heteroatoms. The van der Waals surface area contributed by atoms with Gasteiger partial charge in [0.25, 0.3) is 5.91 Å². The van der Waals surface area contributed by atoms with E-state index in [4.69, 9.17) is 0 Å². The molecular weight excluding hydrogens is 190 g/mol. The number of hydrogen-bond donors (Lipinski definition) is 0. The van der Waals surface area contributed by atoms with Gasteiger partial charge in [-0.15, -0.1) is 0 Å².